The number of hydrogen-bond donors (Lipinski definition) is 2. The first-order valence-electron chi connectivity index (χ1n) is 6.86. The third-order valence-corrected chi connectivity index (χ3v) is 3.95. The molecule has 1 aromatic heterocycles. The molecule has 0 spiro atoms. The Morgan fingerprint density at radius 1 is 1.04 bits per heavy atom. The van der Waals surface area contributed by atoms with Crippen LogP contribution >= 0.6 is 27.5 Å². The Labute approximate surface area is 147 Å². The largest absolute Gasteiger partial charge is 0.339 e. The molecule has 0 aliphatic heterocycles. The van der Waals surface area contributed by atoms with Crippen LogP contribution in [0.4, 0.5) is 23.1 Å². The average Bonchev–Trinajstić information content (AvgIpc) is 2.53. The molecule has 5 nitrogen and oxygen atoms in total. The van der Waals surface area contributed by atoms with Crippen LogP contribution in [0.5, 0.6) is 0 Å². The number of aryl methyl sites for hydroxylation is 1. The summed E-state index contributed by atoms with van der Waals surface area (Å²) in [5.41, 5.74) is 2.91. The lowest BCUT2D eigenvalue weighted by Gasteiger charge is -2.09. The summed E-state index contributed by atoms with van der Waals surface area (Å²) in [6, 6.07) is 13.3. The molecule has 0 radical (unpaired) electrons. The predicted octanol–water partition coefficient (Wildman–Crippen LogP) is 5.08. The van der Waals surface area contributed by atoms with Crippen LogP contribution in [0.3, 0.4) is 0 Å². The summed E-state index contributed by atoms with van der Waals surface area (Å²) in [5, 5.41) is 14.9. The zero-order valence-electron chi connectivity index (χ0n) is 12.2. The summed E-state index contributed by atoms with van der Waals surface area (Å²) < 4.78 is 0.942. The van der Waals surface area contributed by atoms with E-state index in [0.717, 1.165) is 15.8 Å². The second-order valence-electron chi connectivity index (χ2n) is 4.91. The fraction of sp³-hybridized carbons (Fsp3) is 0.0625. The normalized spacial score (nSPS) is 10.4. The van der Waals surface area contributed by atoms with Crippen molar-refractivity contribution in [1.29, 1.82) is 0 Å². The molecule has 7 heteroatoms. The number of anilines is 4. The van der Waals surface area contributed by atoms with Crippen LogP contribution in [0.15, 0.2) is 53.1 Å². The zero-order valence-corrected chi connectivity index (χ0v) is 14.6. The minimum absolute atomic E-state index is 0.411. The molecule has 23 heavy (non-hydrogen) atoms. The molecule has 0 fully saturated rings. The Bertz CT molecular complexity index is 823. The van der Waals surface area contributed by atoms with Gasteiger partial charge in [-0.25, -0.2) is 0 Å². The van der Waals surface area contributed by atoms with E-state index in [4.69, 9.17) is 11.6 Å². The van der Waals surface area contributed by atoms with Gasteiger partial charge in [0.2, 0.25) is 5.95 Å². The summed E-state index contributed by atoms with van der Waals surface area (Å²) in [7, 11) is 0. The van der Waals surface area contributed by atoms with Crippen molar-refractivity contribution in [3.63, 3.8) is 0 Å². The second-order valence-corrected chi connectivity index (χ2v) is 6.20. The van der Waals surface area contributed by atoms with E-state index in [0.29, 0.717) is 16.8 Å². The third kappa shape index (κ3) is 4.18. The van der Waals surface area contributed by atoms with E-state index in [1.807, 2.05) is 37.3 Å². The first-order valence-corrected chi connectivity index (χ1v) is 8.03. The lowest BCUT2D eigenvalue weighted by Crippen LogP contribution is -2.02. The monoisotopic (exact) mass is 389 g/mol. The van der Waals surface area contributed by atoms with Crippen LogP contribution in [-0.4, -0.2) is 15.2 Å². The smallest absolute Gasteiger partial charge is 0.249 e. The van der Waals surface area contributed by atoms with Gasteiger partial charge in [0.25, 0.3) is 0 Å². The number of benzene rings is 2. The van der Waals surface area contributed by atoms with Crippen LogP contribution in [-0.2, 0) is 0 Å². The lowest BCUT2D eigenvalue weighted by atomic mass is 10.2. The minimum atomic E-state index is 0.411. The number of aromatic nitrogens is 3. The molecule has 1 heterocycles. The molecule has 0 aliphatic rings. The lowest BCUT2D eigenvalue weighted by molar-refractivity contribution is 0.982. The van der Waals surface area contributed by atoms with Gasteiger partial charge in [-0.15, -0.1) is 5.10 Å². The van der Waals surface area contributed by atoms with E-state index in [2.05, 4.69) is 41.7 Å². The number of nitrogens with one attached hydrogen (secondary N) is 2. The molecule has 0 atom stereocenters. The van der Waals surface area contributed by atoms with Crippen LogP contribution in [0.1, 0.15) is 5.56 Å². The Morgan fingerprint density at radius 3 is 2.57 bits per heavy atom. The van der Waals surface area contributed by atoms with E-state index in [1.165, 1.54) is 5.56 Å². The Morgan fingerprint density at radius 2 is 1.83 bits per heavy atom. The Kier molecular flexibility index (Phi) is 4.73. The highest BCUT2D eigenvalue weighted by molar-refractivity contribution is 9.10. The van der Waals surface area contributed by atoms with Gasteiger partial charge >= 0.3 is 0 Å². The molecule has 0 aliphatic carbocycles. The summed E-state index contributed by atoms with van der Waals surface area (Å²) in [4.78, 5) is 4.40. The quantitative estimate of drug-likeness (QED) is 0.650. The van der Waals surface area contributed by atoms with Gasteiger partial charge < -0.3 is 10.6 Å². The van der Waals surface area contributed by atoms with Crippen molar-refractivity contribution in [2.45, 2.75) is 6.92 Å². The highest BCUT2D eigenvalue weighted by Gasteiger charge is 2.05. The van der Waals surface area contributed by atoms with E-state index < -0.39 is 0 Å². The van der Waals surface area contributed by atoms with E-state index >= 15 is 0 Å². The predicted molar refractivity (Wildman–Crippen MR) is 96.7 cm³/mol. The summed E-state index contributed by atoms with van der Waals surface area (Å²) in [6.07, 6.45) is 1.56. The van der Waals surface area contributed by atoms with E-state index in [1.54, 1.807) is 18.3 Å². The van der Waals surface area contributed by atoms with Crippen molar-refractivity contribution in [3.05, 3.63) is 63.7 Å². The fourth-order valence-corrected chi connectivity index (χ4v) is 2.66. The molecule has 0 saturated heterocycles. The topological polar surface area (TPSA) is 62.7 Å². The summed E-state index contributed by atoms with van der Waals surface area (Å²) >= 11 is 9.39. The van der Waals surface area contributed by atoms with Gasteiger partial charge in [-0.3, -0.25) is 0 Å². The molecule has 2 aromatic carbocycles. The van der Waals surface area contributed by atoms with E-state index in [-0.39, 0.29) is 0 Å². The maximum absolute atomic E-state index is 5.88. The first kappa shape index (κ1) is 15.7. The van der Waals surface area contributed by atoms with Gasteiger partial charge in [-0.1, -0.05) is 17.7 Å². The molecule has 0 unspecified atom stereocenters. The van der Waals surface area contributed by atoms with Gasteiger partial charge in [0, 0.05) is 15.2 Å². The van der Waals surface area contributed by atoms with Crippen LogP contribution in [0, 0.1) is 6.92 Å². The average molecular weight is 391 g/mol. The van der Waals surface area contributed by atoms with Crippen molar-refractivity contribution >= 4 is 50.7 Å². The maximum atomic E-state index is 5.88. The van der Waals surface area contributed by atoms with Crippen LogP contribution < -0.4 is 10.6 Å². The molecular formula is C16H13BrClN5. The van der Waals surface area contributed by atoms with Crippen molar-refractivity contribution < 1.29 is 0 Å². The highest BCUT2D eigenvalue weighted by Crippen LogP contribution is 2.26. The Hall–Kier alpha value is -2.18. The molecule has 0 bridgehead atoms. The van der Waals surface area contributed by atoms with Crippen LogP contribution in [0.2, 0.25) is 5.02 Å². The molecule has 3 aromatic rings. The van der Waals surface area contributed by atoms with Gasteiger partial charge in [0.05, 0.1) is 11.9 Å². The minimum Gasteiger partial charge on any atom is -0.339 e. The number of rotatable bonds is 4. The SMILES string of the molecule is Cc1ccc(Nc2nncc(Nc3ccc(Cl)cc3)n2)c(Br)c1. The fourth-order valence-electron chi connectivity index (χ4n) is 1.94. The molecule has 0 saturated carbocycles. The van der Waals surface area contributed by atoms with Crippen molar-refractivity contribution in [1.82, 2.24) is 15.2 Å². The summed E-state index contributed by atoms with van der Waals surface area (Å²) in [6.45, 7) is 2.03. The molecule has 0 amide bonds. The van der Waals surface area contributed by atoms with Crippen molar-refractivity contribution in [3.8, 4) is 0 Å². The van der Waals surface area contributed by atoms with Crippen molar-refractivity contribution in [2.24, 2.45) is 0 Å². The maximum Gasteiger partial charge on any atom is 0.249 e. The molecule has 2 N–H and O–H groups in total. The number of nitrogens with zero attached hydrogens (tertiary/aromatic N) is 3. The van der Waals surface area contributed by atoms with Crippen molar-refractivity contribution in [2.75, 3.05) is 10.6 Å². The Balaban J connectivity index is 1.78. The number of hydrogen-bond acceptors (Lipinski definition) is 5. The summed E-state index contributed by atoms with van der Waals surface area (Å²) in [5.74, 6) is 1.00. The first-order chi connectivity index (χ1) is 11.1. The standard InChI is InChI=1S/C16H13BrClN5/c1-10-2-7-14(13(17)8-10)21-16-22-15(9-19-23-16)20-12-5-3-11(18)4-6-12/h2-9H,1H3,(H2,20,21,22,23). The molecular weight excluding hydrogens is 378 g/mol. The number of halogens is 2. The van der Waals surface area contributed by atoms with Crippen LogP contribution in [0.25, 0.3) is 0 Å². The second kappa shape index (κ2) is 6.93. The van der Waals surface area contributed by atoms with Gasteiger partial charge in [-0.05, 0) is 64.8 Å². The van der Waals surface area contributed by atoms with E-state index in [9.17, 15) is 0 Å². The molecule has 3 rings (SSSR count). The van der Waals surface area contributed by atoms with Gasteiger partial charge in [0.1, 0.15) is 0 Å². The zero-order chi connectivity index (χ0) is 16.2. The third-order valence-electron chi connectivity index (χ3n) is 3.05. The van der Waals surface area contributed by atoms with Gasteiger partial charge in [0.15, 0.2) is 5.82 Å². The van der Waals surface area contributed by atoms with Gasteiger partial charge in [-0.2, -0.15) is 10.1 Å². The molecule has 116 valence electrons. The highest BCUT2D eigenvalue weighted by atomic mass is 79.9.